The van der Waals surface area contributed by atoms with Crippen molar-refractivity contribution < 1.29 is 4.79 Å². The van der Waals surface area contributed by atoms with Crippen molar-refractivity contribution in [2.75, 3.05) is 13.1 Å². The largest absolute Gasteiger partial charge is 0.348 e. The molecule has 7 heteroatoms. The number of carbonyl (C=O) groups excluding carboxylic acids is 1. The molecule has 1 aliphatic heterocycles. The van der Waals surface area contributed by atoms with Crippen LogP contribution >= 0.6 is 0 Å². The SMILES string of the molecule is O=C(CCCn1cnc2ccccc2c1=O)N1CCC[C@H](c2ncc[nH]2)C1. The number of hydrogen-bond donors (Lipinski definition) is 1. The van der Waals surface area contributed by atoms with Gasteiger partial charge < -0.3 is 9.88 Å². The van der Waals surface area contributed by atoms with Crippen LogP contribution in [0.4, 0.5) is 0 Å². The Labute approximate surface area is 157 Å². The highest BCUT2D eigenvalue weighted by Gasteiger charge is 2.25. The highest BCUT2D eigenvalue weighted by atomic mass is 16.2. The summed E-state index contributed by atoms with van der Waals surface area (Å²) in [5.74, 6) is 1.39. The molecule has 140 valence electrons. The Morgan fingerprint density at radius 1 is 1.26 bits per heavy atom. The number of piperidine rings is 1. The number of para-hydroxylation sites is 1. The van der Waals surface area contributed by atoms with E-state index in [1.807, 2.05) is 29.3 Å². The fourth-order valence-corrected chi connectivity index (χ4v) is 3.75. The van der Waals surface area contributed by atoms with Gasteiger partial charge in [0.2, 0.25) is 5.91 Å². The summed E-state index contributed by atoms with van der Waals surface area (Å²) in [6.45, 7) is 2.01. The normalized spacial score (nSPS) is 17.3. The predicted molar refractivity (Wildman–Crippen MR) is 102 cm³/mol. The maximum Gasteiger partial charge on any atom is 0.261 e. The molecular weight excluding hydrogens is 342 g/mol. The molecule has 0 spiro atoms. The number of aromatic amines is 1. The third-order valence-electron chi connectivity index (χ3n) is 5.20. The summed E-state index contributed by atoms with van der Waals surface area (Å²) in [7, 11) is 0. The minimum Gasteiger partial charge on any atom is -0.348 e. The topological polar surface area (TPSA) is 83.9 Å². The van der Waals surface area contributed by atoms with Crippen molar-refractivity contribution in [3.05, 3.63) is 59.2 Å². The van der Waals surface area contributed by atoms with E-state index in [1.54, 1.807) is 23.2 Å². The Kier molecular flexibility index (Phi) is 5.00. The van der Waals surface area contributed by atoms with E-state index >= 15 is 0 Å². The van der Waals surface area contributed by atoms with Crippen molar-refractivity contribution in [3.8, 4) is 0 Å². The first-order chi connectivity index (χ1) is 13.2. The first-order valence-electron chi connectivity index (χ1n) is 9.43. The van der Waals surface area contributed by atoms with Gasteiger partial charge in [0.05, 0.1) is 17.2 Å². The van der Waals surface area contributed by atoms with Gasteiger partial charge in [0.25, 0.3) is 5.56 Å². The Balaban J connectivity index is 1.34. The number of nitrogens with zero attached hydrogens (tertiary/aromatic N) is 4. The number of amides is 1. The molecule has 27 heavy (non-hydrogen) atoms. The van der Waals surface area contributed by atoms with E-state index in [0.29, 0.717) is 36.8 Å². The Morgan fingerprint density at radius 3 is 3.00 bits per heavy atom. The van der Waals surface area contributed by atoms with Crippen LogP contribution in [0.1, 0.15) is 37.4 Å². The summed E-state index contributed by atoms with van der Waals surface area (Å²) in [6.07, 6.45) is 8.26. The second-order valence-corrected chi connectivity index (χ2v) is 7.02. The summed E-state index contributed by atoms with van der Waals surface area (Å²) in [6, 6.07) is 7.32. The molecule has 3 heterocycles. The molecule has 1 aromatic carbocycles. The quantitative estimate of drug-likeness (QED) is 0.752. The van der Waals surface area contributed by atoms with Crippen molar-refractivity contribution in [2.24, 2.45) is 0 Å². The van der Waals surface area contributed by atoms with Crippen molar-refractivity contribution >= 4 is 16.8 Å². The second kappa shape index (κ2) is 7.73. The van der Waals surface area contributed by atoms with Gasteiger partial charge in [0.1, 0.15) is 5.82 Å². The number of fused-ring (bicyclic) bond motifs is 1. The van der Waals surface area contributed by atoms with Gasteiger partial charge in [0.15, 0.2) is 0 Å². The van der Waals surface area contributed by atoms with Crippen LogP contribution in [0.15, 0.2) is 47.8 Å². The molecule has 2 aromatic heterocycles. The van der Waals surface area contributed by atoms with Crippen LogP contribution in [0.5, 0.6) is 0 Å². The van der Waals surface area contributed by atoms with E-state index in [9.17, 15) is 9.59 Å². The molecule has 0 saturated carbocycles. The second-order valence-electron chi connectivity index (χ2n) is 7.02. The lowest BCUT2D eigenvalue weighted by atomic mass is 9.97. The number of likely N-dealkylation sites (tertiary alicyclic amines) is 1. The highest BCUT2D eigenvalue weighted by molar-refractivity contribution is 5.77. The molecule has 0 radical (unpaired) electrons. The molecule has 0 unspecified atom stereocenters. The predicted octanol–water partition coefficient (Wildman–Crippen LogP) is 2.31. The zero-order chi connectivity index (χ0) is 18.6. The van der Waals surface area contributed by atoms with Crippen LogP contribution in [0.3, 0.4) is 0 Å². The molecule has 4 rings (SSSR count). The number of imidazole rings is 1. The lowest BCUT2D eigenvalue weighted by Crippen LogP contribution is -2.39. The number of H-pyrrole nitrogens is 1. The summed E-state index contributed by atoms with van der Waals surface area (Å²) >= 11 is 0. The molecule has 0 aliphatic carbocycles. The van der Waals surface area contributed by atoms with Gasteiger partial charge in [-0.2, -0.15) is 0 Å². The van der Waals surface area contributed by atoms with Crippen LogP contribution in [0, 0.1) is 0 Å². The average Bonchev–Trinajstić information content (AvgIpc) is 3.25. The summed E-state index contributed by atoms with van der Waals surface area (Å²) in [5.41, 5.74) is 0.649. The molecule has 7 nitrogen and oxygen atoms in total. The minimum absolute atomic E-state index is 0.0519. The minimum atomic E-state index is -0.0519. The van der Waals surface area contributed by atoms with Gasteiger partial charge in [-0.1, -0.05) is 12.1 Å². The molecule has 1 fully saturated rings. The van der Waals surface area contributed by atoms with Crippen molar-refractivity contribution in [1.82, 2.24) is 24.4 Å². The fourth-order valence-electron chi connectivity index (χ4n) is 3.75. The van der Waals surface area contributed by atoms with Crippen molar-refractivity contribution in [1.29, 1.82) is 0 Å². The first-order valence-corrected chi connectivity index (χ1v) is 9.43. The van der Waals surface area contributed by atoms with Gasteiger partial charge in [0, 0.05) is 44.4 Å². The van der Waals surface area contributed by atoms with E-state index in [4.69, 9.17) is 0 Å². The number of hydrogen-bond acceptors (Lipinski definition) is 4. The molecule has 1 amide bonds. The first kappa shape index (κ1) is 17.5. The number of aryl methyl sites for hydroxylation is 1. The number of carbonyl (C=O) groups is 1. The van der Waals surface area contributed by atoms with Gasteiger partial charge in [-0.25, -0.2) is 9.97 Å². The fraction of sp³-hybridized carbons (Fsp3) is 0.400. The molecule has 1 saturated heterocycles. The monoisotopic (exact) mass is 365 g/mol. The molecule has 1 N–H and O–H groups in total. The Hall–Kier alpha value is -2.96. The third kappa shape index (κ3) is 3.77. The third-order valence-corrected chi connectivity index (χ3v) is 5.20. The Bertz CT molecular complexity index is 979. The van der Waals surface area contributed by atoms with E-state index in [0.717, 1.165) is 25.2 Å². The standard InChI is InChI=1S/C20H23N5O2/c26-18(24-11-3-5-15(13-24)19-21-9-10-22-19)8-4-12-25-14-23-17-7-2-1-6-16(17)20(25)27/h1-2,6-7,9-10,14-15H,3-5,8,11-13H2,(H,21,22)/t15-/m0/s1. The summed E-state index contributed by atoms with van der Waals surface area (Å²) < 4.78 is 1.59. The lowest BCUT2D eigenvalue weighted by Gasteiger charge is -2.32. The summed E-state index contributed by atoms with van der Waals surface area (Å²) in [4.78, 5) is 38.8. The number of rotatable bonds is 5. The molecule has 3 aromatic rings. The van der Waals surface area contributed by atoms with E-state index in [1.165, 1.54) is 0 Å². The smallest absolute Gasteiger partial charge is 0.261 e. The van der Waals surface area contributed by atoms with Crippen LogP contribution in [0.25, 0.3) is 10.9 Å². The van der Waals surface area contributed by atoms with Crippen LogP contribution < -0.4 is 5.56 Å². The van der Waals surface area contributed by atoms with E-state index in [-0.39, 0.29) is 17.4 Å². The van der Waals surface area contributed by atoms with E-state index < -0.39 is 0 Å². The van der Waals surface area contributed by atoms with Crippen LogP contribution in [-0.2, 0) is 11.3 Å². The average molecular weight is 365 g/mol. The van der Waals surface area contributed by atoms with E-state index in [2.05, 4.69) is 15.0 Å². The molecular formula is C20H23N5O2. The Morgan fingerprint density at radius 2 is 2.15 bits per heavy atom. The van der Waals surface area contributed by atoms with Crippen LogP contribution in [-0.4, -0.2) is 43.4 Å². The maximum atomic E-state index is 12.6. The highest BCUT2D eigenvalue weighted by Crippen LogP contribution is 2.24. The summed E-state index contributed by atoms with van der Waals surface area (Å²) in [5, 5.41) is 0.614. The van der Waals surface area contributed by atoms with Gasteiger partial charge in [-0.15, -0.1) is 0 Å². The maximum absolute atomic E-state index is 12.6. The number of aromatic nitrogens is 4. The van der Waals surface area contributed by atoms with Crippen molar-refractivity contribution in [3.63, 3.8) is 0 Å². The van der Waals surface area contributed by atoms with Crippen molar-refractivity contribution in [2.45, 2.75) is 38.1 Å². The molecule has 1 aliphatic rings. The molecule has 0 bridgehead atoms. The number of nitrogens with one attached hydrogen (secondary N) is 1. The van der Waals surface area contributed by atoms with Gasteiger partial charge in [-0.05, 0) is 31.4 Å². The van der Waals surface area contributed by atoms with Gasteiger partial charge in [-0.3, -0.25) is 14.2 Å². The number of benzene rings is 1. The zero-order valence-corrected chi connectivity index (χ0v) is 15.2. The zero-order valence-electron chi connectivity index (χ0n) is 15.2. The lowest BCUT2D eigenvalue weighted by molar-refractivity contribution is -0.132. The van der Waals surface area contributed by atoms with Crippen LogP contribution in [0.2, 0.25) is 0 Å². The van der Waals surface area contributed by atoms with Gasteiger partial charge >= 0.3 is 0 Å². The molecule has 1 atom stereocenters.